The largest absolute Gasteiger partial charge is 0.458 e. The molecule has 1 aliphatic heterocycles. The molecule has 12 heavy (non-hydrogen) atoms. The average Bonchev–Trinajstić information content (AvgIpc) is 2.25. The first-order chi connectivity index (χ1) is 5.58. The summed E-state index contributed by atoms with van der Waals surface area (Å²) in [5.41, 5.74) is 0.946. The summed E-state index contributed by atoms with van der Waals surface area (Å²) in [6.07, 6.45) is 2.28. The Morgan fingerprint density at radius 2 is 2.33 bits per heavy atom. The monoisotopic (exact) mass is 182 g/mol. The Kier molecular flexibility index (Phi) is 1.58. The topological polar surface area (TPSA) is 30.2 Å². The summed E-state index contributed by atoms with van der Waals surface area (Å²) in [6.45, 7) is 4.24. The number of fused-ring (bicyclic) bond motifs is 1. The van der Waals surface area contributed by atoms with Gasteiger partial charge in [0, 0.05) is 10.8 Å². The van der Waals surface area contributed by atoms with Crippen LogP contribution in [0.2, 0.25) is 0 Å². The van der Waals surface area contributed by atoms with Gasteiger partial charge in [-0.1, -0.05) is 11.8 Å². The van der Waals surface area contributed by atoms with Crippen LogP contribution in [0.15, 0.2) is 26.6 Å². The van der Waals surface area contributed by atoms with Gasteiger partial charge in [0.1, 0.15) is 0 Å². The second kappa shape index (κ2) is 2.39. The van der Waals surface area contributed by atoms with Crippen LogP contribution in [0.3, 0.4) is 0 Å². The first-order valence-corrected chi connectivity index (χ1v) is 4.70. The van der Waals surface area contributed by atoms with Gasteiger partial charge in [-0.2, -0.15) is 0 Å². The van der Waals surface area contributed by atoms with Crippen LogP contribution in [0.1, 0.15) is 19.4 Å². The maximum Gasteiger partial charge on any atom is 0.189 e. The molecule has 0 N–H and O–H groups in total. The van der Waals surface area contributed by atoms with Crippen LogP contribution < -0.4 is 5.43 Å². The van der Waals surface area contributed by atoms with Crippen LogP contribution >= 0.6 is 11.8 Å². The highest BCUT2D eigenvalue weighted by molar-refractivity contribution is 8.00. The van der Waals surface area contributed by atoms with E-state index in [9.17, 15) is 4.79 Å². The fraction of sp³-hybridized carbons (Fsp3) is 0.444. The third kappa shape index (κ3) is 1.18. The molecule has 0 saturated heterocycles. The molecule has 0 saturated carbocycles. The molecule has 3 heteroatoms. The van der Waals surface area contributed by atoms with Crippen molar-refractivity contribution in [2.24, 2.45) is 0 Å². The van der Waals surface area contributed by atoms with Gasteiger partial charge in [0.25, 0.3) is 0 Å². The van der Waals surface area contributed by atoms with Gasteiger partial charge in [-0.15, -0.1) is 0 Å². The third-order valence-corrected chi connectivity index (χ3v) is 3.13. The van der Waals surface area contributed by atoms with Gasteiger partial charge in [-0.3, -0.25) is 4.79 Å². The zero-order valence-electron chi connectivity index (χ0n) is 7.09. The van der Waals surface area contributed by atoms with E-state index in [0.29, 0.717) is 0 Å². The van der Waals surface area contributed by atoms with Crippen LogP contribution in [0, 0.1) is 0 Å². The minimum Gasteiger partial charge on any atom is -0.458 e. The predicted octanol–water partition coefficient (Wildman–Crippen LogP) is 2.07. The maximum absolute atomic E-state index is 11.3. The van der Waals surface area contributed by atoms with Crippen molar-refractivity contribution >= 4 is 11.8 Å². The Labute approximate surface area is 75.0 Å². The lowest BCUT2D eigenvalue weighted by atomic mass is 10.0. The van der Waals surface area contributed by atoms with Crippen molar-refractivity contribution in [2.45, 2.75) is 30.1 Å². The molecule has 1 aromatic heterocycles. The van der Waals surface area contributed by atoms with Gasteiger partial charge in [-0.05, 0) is 20.3 Å². The minimum absolute atomic E-state index is 0.106. The summed E-state index contributed by atoms with van der Waals surface area (Å²) in [6, 6.07) is 1.49. The molecule has 1 aromatic rings. The van der Waals surface area contributed by atoms with E-state index >= 15 is 0 Å². The van der Waals surface area contributed by atoms with Crippen molar-refractivity contribution in [2.75, 3.05) is 0 Å². The summed E-state index contributed by atoms with van der Waals surface area (Å²) in [4.78, 5) is 11.3. The van der Waals surface area contributed by atoms with Crippen molar-refractivity contribution in [1.82, 2.24) is 0 Å². The molecule has 2 rings (SSSR count). The summed E-state index contributed by atoms with van der Waals surface area (Å²) in [5, 5.41) is 0.799. The van der Waals surface area contributed by atoms with Gasteiger partial charge in [-0.25, -0.2) is 0 Å². The molecule has 2 heterocycles. The first-order valence-electron chi connectivity index (χ1n) is 3.88. The van der Waals surface area contributed by atoms with Gasteiger partial charge in [0.05, 0.1) is 11.8 Å². The fourth-order valence-electron chi connectivity index (χ4n) is 1.39. The van der Waals surface area contributed by atoms with E-state index in [1.54, 1.807) is 11.8 Å². The molecule has 64 valence electrons. The van der Waals surface area contributed by atoms with E-state index in [1.165, 1.54) is 12.3 Å². The number of rotatable bonds is 0. The zero-order chi connectivity index (χ0) is 8.77. The lowest BCUT2D eigenvalue weighted by molar-refractivity contribution is 0.448. The lowest BCUT2D eigenvalue weighted by Crippen LogP contribution is -2.15. The maximum atomic E-state index is 11.3. The molecule has 0 aromatic carbocycles. The third-order valence-electron chi connectivity index (χ3n) is 1.91. The Morgan fingerprint density at radius 1 is 1.58 bits per heavy atom. The van der Waals surface area contributed by atoms with Gasteiger partial charge >= 0.3 is 0 Å². The van der Waals surface area contributed by atoms with Crippen LogP contribution in [0.25, 0.3) is 0 Å². The number of thioether (sulfide) groups is 1. The second-order valence-electron chi connectivity index (χ2n) is 3.59. The van der Waals surface area contributed by atoms with Crippen molar-refractivity contribution in [3.05, 3.63) is 28.1 Å². The average molecular weight is 182 g/mol. The number of hydrogen-bond donors (Lipinski definition) is 0. The van der Waals surface area contributed by atoms with Gasteiger partial charge in [0.15, 0.2) is 10.5 Å². The van der Waals surface area contributed by atoms with E-state index in [4.69, 9.17) is 4.42 Å². The smallest absolute Gasteiger partial charge is 0.189 e. The van der Waals surface area contributed by atoms with E-state index < -0.39 is 0 Å². The summed E-state index contributed by atoms with van der Waals surface area (Å²) < 4.78 is 5.37. The predicted molar refractivity (Wildman–Crippen MR) is 48.6 cm³/mol. The number of hydrogen-bond acceptors (Lipinski definition) is 3. The molecule has 0 amide bonds. The highest BCUT2D eigenvalue weighted by atomic mass is 32.2. The molecule has 0 aliphatic carbocycles. The molecule has 0 bridgehead atoms. The van der Waals surface area contributed by atoms with Crippen LogP contribution in [-0.2, 0) is 6.42 Å². The Morgan fingerprint density at radius 3 is 3.00 bits per heavy atom. The standard InChI is InChI=1S/C9H10O2S/c1-9(2)5-6-7(10)3-4-11-8(6)12-9/h3-4H,5H2,1-2H3. The molecular weight excluding hydrogens is 172 g/mol. The van der Waals surface area contributed by atoms with Crippen molar-refractivity contribution in [1.29, 1.82) is 0 Å². The first kappa shape index (κ1) is 7.92. The zero-order valence-corrected chi connectivity index (χ0v) is 7.90. The molecule has 0 spiro atoms. The second-order valence-corrected chi connectivity index (χ2v) is 5.27. The summed E-state index contributed by atoms with van der Waals surface area (Å²) in [7, 11) is 0. The van der Waals surface area contributed by atoms with Gasteiger partial charge < -0.3 is 4.42 Å². The lowest BCUT2D eigenvalue weighted by Gasteiger charge is -2.12. The van der Waals surface area contributed by atoms with Crippen LogP contribution in [0.5, 0.6) is 0 Å². The molecule has 0 radical (unpaired) electrons. The molecule has 0 fully saturated rings. The van der Waals surface area contributed by atoms with Crippen LogP contribution in [-0.4, -0.2) is 4.75 Å². The molecule has 0 atom stereocenters. The van der Waals surface area contributed by atoms with Crippen molar-refractivity contribution in [3.8, 4) is 0 Å². The summed E-state index contributed by atoms with van der Waals surface area (Å²) >= 11 is 1.64. The highest BCUT2D eigenvalue weighted by Gasteiger charge is 2.32. The Hall–Kier alpha value is -0.700. The molecule has 0 unspecified atom stereocenters. The fourth-order valence-corrected chi connectivity index (χ4v) is 2.51. The van der Waals surface area contributed by atoms with Crippen molar-refractivity contribution in [3.63, 3.8) is 0 Å². The molecule has 1 aliphatic rings. The van der Waals surface area contributed by atoms with E-state index in [0.717, 1.165) is 17.1 Å². The van der Waals surface area contributed by atoms with E-state index in [2.05, 4.69) is 13.8 Å². The summed E-state index contributed by atoms with van der Waals surface area (Å²) in [5.74, 6) is 0. The Balaban J connectivity index is 2.56. The molecule has 2 nitrogen and oxygen atoms in total. The normalized spacial score (nSPS) is 19.2. The van der Waals surface area contributed by atoms with Crippen molar-refractivity contribution < 1.29 is 4.42 Å². The van der Waals surface area contributed by atoms with Gasteiger partial charge in [0.2, 0.25) is 0 Å². The highest BCUT2D eigenvalue weighted by Crippen LogP contribution is 2.42. The Bertz CT molecular complexity index is 365. The van der Waals surface area contributed by atoms with E-state index in [1.807, 2.05) is 0 Å². The van der Waals surface area contributed by atoms with Crippen LogP contribution in [0.4, 0.5) is 0 Å². The quantitative estimate of drug-likeness (QED) is 0.615. The minimum atomic E-state index is 0.106. The van der Waals surface area contributed by atoms with E-state index in [-0.39, 0.29) is 10.2 Å². The SMILES string of the molecule is CC1(C)Cc2c(occc2=O)S1. The molecular formula is C9H10O2S.